The Morgan fingerprint density at radius 3 is 2.56 bits per heavy atom. The van der Waals surface area contributed by atoms with Gasteiger partial charge >= 0.3 is 0 Å². The van der Waals surface area contributed by atoms with Crippen LogP contribution in [0.5, 0.6) is 0 Å². The average molecular weight is 566 g/mol. The Hall–Kier alpha value is -2.87. The highest BCUT2D eigenvalue weighted by Crippen LogP contribution is 2.41. The SMILES string of the molecule is CC(C)[NH+](CCNC(=O)CN1C(=O)C(=Cc2cccc(Br)c2)Sc2ccccc21)Cc1ccccc1. The molecule has 0 aromatic heterocycles. The van der Waals surface area contributed by atoms with E-state index in [-0.39, 0.29) is 18.4 Å². The Kier molecular flexibility index (Phi) is 9.02. The zero-order chi connectivity index (χ0) is 25.5. The van der Waals surface area contributed by atoms with Crippen molar-refractivity contribution in [2.24, 2.45) is 0 Å². The minimum absolute atomic E-state index is 0.0120. The third-order valence-corrected chi connectivity index (χ3v) is 7.71. The van der Waals surface area contributed by atoms with Crippen molar-refractivity contribution in [3.63, 3.8) is 0 Å². The molecule has 7 heteroatoms. The highest BCUT2D eigenvalue weighted by atomic mass is 79.9. The molecule has 0 saturated carbocycles. The van der Waals surface area contributed by atoms with E-state index in [1.54, 1.807) is 4.90 Å². The second-order valence-corrected chi connectivity index (χ2v) is 11.1. The predicted molar refractivity (Wildman–Crippen MR) is 151 cm³/mol. The Morgan fingerprint density at radius 2 is 1.81 bits per heavy atom. The number of fused-ring (bicyclic) bond motifs is 1. The van der Waals surface area contributed by atoms with E-state index in [4.69, 9.17) is 0 Å². The first-order chi connectivity index (χ1) is 17.4. The van der Waals surface area contributed by atoms with Crippen molar-refractivity contribution in [2.75, 3.05) is 24.5 Å². The highest BCUT2D eigenvalue weighted by molar-refractivity contribution is 9.10. The van der Waals surface area contributed by atoms with Crippen LogP contribution >= 0.6 is 27.7 Å². The lowest BCUT2D eigenvalue weighted by molar-refractivity contribution is -0.933. The minimum Gasteiger partial charge on any atom is -0.349 e. The maximum Gasteiger partial charge on any atom is 0.265 e. The normalized spacial score (nSPS) is 15.2. The molecule has 1 aliphatic heterocycles. The van der Waals surface area contributed by atoms with E-state index in [0.29, 0.717) is 17.5 Å². The molecule has 186 valence electrons. The summed E-state index contributed by atoms with van der Waals surface area (Å²) >= 11 is 4.93. The monoisotopic (exact) mass is 564 g/mol. The number of hydrogen-bond donors (Lipinski definition) is 2. The molecule has 5 nitrogen and oxygen atoms in total. The number of halogens is 1. The number of hydrogen-bond acceptors (Lipinski definition) is 3. The maximum absolute atomic E-state index is 13.4. The van der Waals surface area contributed by atoms with Crippen molar-refractivity contribution in [1.82, 2.24) is 5.32 Å². The first-order valence-corrected chi connectivity index (χ1v) is 13.7. The number of quaternary nitrogens is 1. The van der Waals surface area contributed by atoms with Gasteiger partial charge in [-0.15, -0.1) is 0 Å². The molecule has 1 atom stereocenters. The summed E-state index contributed by atoms with van der Waals surface area (Å²) in [4.78, 5) is 30.9. The molecule has 0 spiro atoms. The fraction of sp³-hybridized carbons (Fsp3) is 0.241. The molecule has 3 aromatic rings. The summed E-state index contributed by atoms with van der Waals surface area (Å²) in [5, 5.41) is 3.04. The molecule has 4 rings (SSSR count). The lowest BCUT2D eigenvalue weighted by atomic mass is 10.2. The molecule has 1 aliphatic rings. The molecular weight excluding hydrogens is 534 g/mol. The minimum atomic E-state index is -0.160. The van der Waals surface area contributed by atoms with Gasteiger partial charge in [-0.25, -0.2) is 0 Å². The first-order valence-electron chi connectivity index (χ1n) is 12.1. The number of carbonyl (C=O) groups is 2. The van der Waals surface area contributed by atoms with Crippen molar-refractivity contribution < 1.29 is 14.5 Å². The van der Waals surface area contributed by atoms with Crippen LogP contribution in [0, 0.1) is 0 Å². The van der Waals surface area contributed by atoms with E-state index in [1.165, 1.54) is 22.2 Å². The fourth-order valence-electron chi connectivity index (χ4n) is 4.17. The van der Waals surface area contributed by atoms with Gasteiger partial charge in [0.15, 0.2) is 0 Å². The molecule has 1 heterocycles. The number of thioether (sulfide) groups is 1. The zero-order valence-corrected chi connectivity index (χ0v) is 22.9. The Balaban J connectivity index is 1.42. The maximum atomic E-state index is 13.4. The number of nitrogens with one attached hydrogen (secondary N) is 2. The van der Waals surface area contributed by atoms with Crippen molar-refractivity contribution in [1.29, 1.82) is 0 Å². The average Bonchev–Trinajstić information content (AvgIpc) is 2.86. The Labute approximate surface area is 225 Å². The van der Waals surface area contributed by atoms with Crippen molar-refractivity contribution in [2.45, 2.75) is 31.3 Å². The summed E-state index contributed by atoms with van der Waals surface area (Å²) in [6, 6.07) is 26.4. The summed E-state index contributed by atoms with van der Waals surface area (Å²) < 4.78 is 0.951. The van der Waals surface area contributed by atoms with E-state index in [9.17, 15) is 9.59 Å². The predicted octanol–water partition coefficient (Wildman–Crippen LogP) is 4.54. The lowest BCUT2D eigenvalue weighted by Crippen LogP contribution is -3.14. The second kappa shape index (κ2) is 12.4. The van der Waals surface area contributed by atoms with Crippen LogP contribution in [0.25, 0.3) is 6.08 Å². The van der Waals surface area contributed by atoms with Gasteiger partial charge < -0.3 is 10.2 Å². The van der Waals surface area contributed by atoms with Gasteiger partial charge in [0.2, 0.25) is 5.91 Å². The molecule has 2 N–H and O–H groups in total. The van der Waals surface area contributed by atoms with Gasteiger partial charge in [0.05, 0.1) is 29.7 Å². The molecule has 3 aromatic carbocycles. The van der Waals surface area contributed by atoms with Crippen LogP contribution in [-0.2, 0) is 16.1 Å². The van der Waals surface area contributed by atoms with Gasteiger partial charge in [0, 0.05) is 14.9 Å². The van der Waals surface area contributed by atoms with E-state index in [0.717, 1.165) is 33.7 Å². The topological polar surface area (TPSA) is 53.9 Å². The van der Waals surface area contributed by atoms with Gasteiger partial charge in [-0.2, -0.15) is 0 Å². The second-order valence-electron chi connectivity index (χ2n) is 9.10. The van der Waals surface area contributed by atoms with E-state index >= 15 is 0 Å². The van der Waals surface area contributed by atoms with E-state index < -0.39 is 0 Å². The Morgan fingerprint density at radius 1 is 1.06 bits per heavy atom. The smallest absolute Gasteiger partial charge is 0.265 e. The van der Waals surface area contributed by atoms with Crippen LogP contribution in [0.15, 0.2) is 93.1 Å². The number of anilines is 1. The van der Waals surface area contributed by atoms with Gasteiger partial charge in [0.25, 0.3) is 5.91 Å². The quantitative estimate of drug-likeness (QED) is 0.375. The van der Waals surface area contributed by atoms with E-state index in [1.807, 2.05) is 60.7 Å². The summed E-state index contributed by atoms with van der Waals surface area (Å²) in [5.74, 6) is -0.318. The molecule has 2 amide bonds. The molecule has 1 unspecified atom stereocenters. The number of para-hydroxylation sites is 1. The van der Waals surface area contributed by atoms with E-state index in [2.05, 4.69) is 59.4 Å². The third kappa shape index (κ3) is 6.87. The number of nitrogens with zero attached hydrogens (tertiary/aromatic N) is 1. The number of rotatable bonds is 9. The standard InChI is InChI=1S/C29H30BrN3O2S/c1-21(2)32(19-22-9-4-3-5-10-22)16-15-31-28(34)20-33-25-13-6-7-14-26(25)36-27(29(33)35)18-23-11-8-12-24(30)17-23/h3-14,17-18,21H,15-16,19-20H2,1-2H3,(H,31,34)/p+1. The van der Waals surface area contributed by atoms with Gasteiger partial charge in [0.1, 0.15) is 13.1 Å². The van der Waals surface area contributed by atoms with Crippen LogP contribution in [0.4, 0.5) is 5.69 Å². The molecule has 36 heavy (non-hydrogen) atoms. The van der Waals surface area contributed by atoms with Crippen LogP contribution in [-0.4, -0.2) is 37.5 Å². The summed E-state index contributed by atoms with van der Waals surface area (Å²) in [6.07, 6.45) is 1.88. The molecule has 0 fully saturated rings. The first kappa shape index (κ1) is 26.2. The van der Waals surface area contributed by atoms with Crippen LogP contribution < -0.4 is 15.1 Å². The van der Waals surface area contributed by atoms with Gasteiger partial charge in [-0.05, 0) is 49.8 Å². The van der Waals surface area contributed by atoms with Crippen molar-refractivity contribution >= 4 is 51.3 Å². The lowest BCUT2D eigenvalue weighted by Gasteiger charge is -2.30. The van der Waals surface area contributed by atoms with Crippen LogP contribution in [0.1, 0.15) is 25.0 Å². The molecule has 0 saturated heterocycles. The van der Waals surface area contributed by atoms with Crippen LogP contribution in [0.2, 0.25) is 0 Å². The number of amides is 2. The fourth-order valence-corrected chi connectivity index (χ4v) is 5.64. The molecular formula is C29H31BrN3O2S+. The molecule has 0 aliphatic carbocycles. The largest absolute Gasteiger partial charge is 0.349 e. The molecule has 0 bridgehead atoms. The Bertz CT molecular complexity index is 1250. The summed E-state index contributed by atoms with van der Waals surface area (Å²) in [6.45, 7) is 6.65. The van der Waals surface area contributed by atoms with Crippen molar-refractivity contribution in [3.05, 3.63) is 99.4 Å². The summed E-state index contributed by atoms with van der Waals surface area (Å²) in [7, 11) is 0. The van der Waals surface area contributed by atoms with Crippen LogP contribution in [0.3, 0.4) is 0 Å². The number of carbonyl (C=O) groups excluding carboxylic acids is 2. The zero-order valence-electron chi connectivity index (χ0n) is 20.5. The molecule has 0 radical (unpaired) electrons. The third-order valence-electron chi connectivity index (χ3n) is 6.14. The summed E-state index contributed by atoms with van der Waals surface area (Å²) in [5.41, 5.74) is 2.98. The van der Waals surface area contributed by atoms with Gasteiger partial charge in [-0.1, -0.05) is 82.3 Å². The number of benzene rings is 3. The highest BCUT2D eigenvalue weighted by Gasteiger charge is 2.30. The van der Waals surface area contributed by atoms with Gasteiger partial charge in [-0.3, -0.25) is 14.5 Å². The van der Waals surface area contributed by atoms with Crippen molar-refractivity contribution in [3.8, 4) is 0 Å².